The summed E-state index contributed by atoms with van der Waals surface area (Å²) in [5, 5.41) is 0. The quantitative estimate of drug-likeness (QED) is 0.206. The minimum Gasteiger partial charge on any atom is -0.244 e. The second-order valence-electron chi connectivity index (χ2n) is 13.4. The number of rotatable bonds is 5. The van der Waals surface area contributed by atoms with Crippen LogP contribution in [0.5, 0.6) is 0 Å². The second kappa shape index (κ2) is 11.6. The summed E-state index contributed by atoms with van der Waals surface area (Å²) < 4.78 is 0. The lowest BCUT2D eigenvalue weighted by Gasteiger charge is -2.26. The van der Waals surface area contributed by atoms with Crippen LogP contribution in [0.1, 0.15) is 52.7 Å². The van der Waals surface area contributed by atoms with E-state index in [-0.39, 0.29) is 10.8 Å². The Bertz CT molecular complexity index is 1810. The molecule has 0 aliphatic heterocycles. The molecule has 6 aromatic rings. The summed E-state index contributed by atoms with van der Waals surface area (Å²) in [6.45, 7) is 13.6. The SMILES string of the molecule is CC(C)(C)c1cc(-c2cc(-c3cncnc3)cc(-c3nc(-c4ccccc4)cc(-c4ccccc4)n3)c2)cc(C(C)(C)C)c1. The van der Waals surface area contributed by atoms with Gasteiger partial charge < -0.3 is 0 Å². The van der Waals surface area contributed by atoms with Crippen molar-refractivity contribution < 1.29 is 0 Å². The zero-order valence-electron chi connectivity index (χ0n) is 26.3. The van der Waals surface area contributed by atoms with E-state index in [0.717, 1.165) is 44.8 Å². The van der Waals surface area contributed by atoms with Crippen molar-refractivity contribution in [1.29, 1.82) is 0 Å². The van der Waals surface area contributed by atoms with Gasteiger partial charge in [0.05, 0.1) is 11.4 Å². The average molecular weight is 575 g/mol. The molecule has 2 aromatic heterocycles. The molecule has 4 heteroatoms. The number of hydrogen-bond acceptors (Lipinski definition) is 4. The van der Waals surface area contributed by atoms with Crippen LogP contribution in [0, 0.1) is 0 Å². The molecule has 0 aliphatic rings. The molecule has 0 aliphatic carbocycles. The molecule has 0 unspecified atom stereocenters. The predicted molar refractivity (Wildman–Crippen MR) is 182 cm³/mol. The molecule has 0 atom stereocenters. The Morgan fingerprint density at radius 1 is 0.409 bits per heavy atom. The van der Waals surface area contributed by atoms with Crippen molar-refractivity contribution in [2.24, 2.45) is 0 Å². The van der Waals surface area contributed by atoms with E-state index in [0.29, 0.717) is 5.82 Å². The van der Waals surface area contributed by atoms with E-state index in [4.69, 9.17) is 9.97 Å². The van der Waals surface area contributed by atoms with Crippen molar-refractivity contribution >= 4 is 0 Å². The van der Waals surface area contributed by atoms with Crippen molar-refractivity contribution in [3.8, 4) is 56.2 Å². The number of aromatic nitrogens is 4. The van der Waals surface area contributed by atoms with E-state index >= 15 is 0 Å². The molecular formula is C40H38N4. The number of benzene rings is 4. The third-order valence-electron chi connectivity index (χ3n) is 7.95. The Hall–Kier alpha value is -4.96. The lowest BCUT2D eigenvalue weighted by atomic mass is 9.78. The van der Waals surface area contributed by atoms with Crippen LogP contribution in [-0.2, 0) is 10.8 Å². The van der Waals surface area contributed by atoms with Crippen LogP contribution in [0.4, 0.5) is 0 Å². The van der Waals surface area contributed by atoms with Crippen molar-refractivity contribution in [3.63, 3.8) is 0 Å². The summed E-state index contributed by atoms with van der Waals surface area (Å²) >= 11 is 0. The fraction of sp³-hybridized carbons (Fsp3) is 0.200. The Morgan fingerprint density at radius 2 is 0.841 bits per heavy atom. The van der Waals surface area contributed by atoms with E-state index in [1.165, 1.54) is 16.7 Å². The van der Waals surface area contributed by atoms with Crippen LogP contribution in [-0.4, -0.2) is 19.9 Å². The van der Waals surface area contributed by atoms with E-state index in [9.17, 15) is 0 Å². The summed E-state index contributed by atoms with van der Waals surface area (Å²) in [5.74, 6) is 0.674. The van der Waals surface area contributed by atoms with Gasteiger partial charge in [-0.2, -0.15) is 0 Å². The van der Waals surface area contributed by atoms with Gasteiger partial charge in [-0.15, -0.1) is 0 Å². The van der Waals surface area contributed by atoms with Gasteiger partial charge in [0.1, 0.15) is 6.33 Å². The van der Waals surface area contributed by atoms with E-state index in [1.807, 2.05) is 48.8 Å². The molecule has 218 valence electrons. The van der Waals surface area contributed by atoms with Gasteiger partial charge in [0.15, 0.2) is 5.82 Å². The molecule has 4 nitrogen and oxygen atoms in total. The van der Waals surface area contributed by atoms with Gasteiger partial charge in [0.25, 0.3) is 0 Å². The van der Waals surface area contributed by atoms with Crippen LogP contribution in [0.25, 0.3) is 56.2 Å². The standard InChI is InChI=1S/C40H38N4/c1-39(2,3)34-20-31(21-35(22-34)40(4,5)6)29-17-30(33-24-41-26-42-25-33)19-32(18-29)38-43-36(27-13-9-7-10-14-27)23-37(44-38)28-15-11-8-12-16-28/h7-26H,1-6H3. The van der Waals surface area contributed by atoms with Crippen LogP contribution in [0.15, 0.2) is 122 Å². The highest BCUT2D eigenvalue weighted by Gasteiger charge is 2.22. The zero-order chi connectivity index (χ0) is 30.9. The highest BCUT2D eigenvalue weighted by atomic mass is 14.9. The summed E-state index contributed by atoms with van der Waals surface area (Å²) in [5.41, 5.74) is 11.7. The average Bonchev–Trinajstić information content (AvgIpc) is 3.04. The highest BCUT2D eigenvalue weighted by Crippen LogP contribution is 2.38. The lowest BCUT2D eigenvalue weighted by Crippen LogP contribution is -2.16. The normalized spacial score (nSPS) is 11.9. The molecule has 0 fully saturated rings. The Labute approximate surface area is 261 Å². The molecule has 2 heterocycles. The van der Waals surface area contributed by atoms with Crippen LogP contribution < -0.4 is 0 Å². The summed E-state index contributed by atoms with van der Waals surface area (Å²) in [4.78, 5) is 18.9. The smallest absolute Gasteiger partial charge is 0.160 e. The zero-order valence-corrected chi connectivity index (χ0v) is 26.3. The first kappa shape index (κ1) is 29.1. The largest absolute Gasteiger partial charge is 0.244 e. The maximum atomic E-state index is 5.14. The second-order valence-corrected chi connectivity index (χ2v) is 13.4. The molecule has 6 rings (SSSR count). The number of nitrogens with zero attached hydrogens (tertiary/aromatic N) is 4. The molecular weight excluding hydrogens is 536 g/mol. The molecule has 0 amide bonds. The maximum Gasteiger partial charge on any atom is 0.160 e. The fourth-order valence-electron chi connectivity index (χ4n) is 5.29. The van der Waals surface area contributed by atoms with Gasteiger partial charge in [-0.05, 0) is 62.9 Å². The van der Waals surface area contributed by atoms with E-state index < -0.39 is 0 Å². The van der Waals surface area contributed by atoms with Crippen LogP contribution in [0.2, 0.25) is 0 Å². The third kappa shape index (κ3) is 6.35. The molecule has 0 bridgehead atoms. The molecule has 0 saturated carbocycles. The molecule has 4 aromatic carbocycles. The first-order valence-electron chi connectivity index (χ1n) is 15.1. The topological polar surface area (TPSA) is 51.6 Å². The lowest BCUT2D eigenvalue weighted by molar-refractivity contribution is 0.569. The van der Waals surface area contributed by atoms with Gasteiger partial charge in [-0.25, -0.2) is 19.9 Å². The summed E-state index contributed by atoms with van der Waals surface area (Å²) in [6.07, 6.45) is 5.28. The van der Waals surface area contributed by atoms with Crippen LogP contribution >= 0.6 is 0 Å². The minimum atomic E-state index is 0.00142. The molecule has 0 saturated heterocycles. The van der Waals surface area contributed by atoms with Gasteiger partial charge >= 0.3 is 0 Å². The third-order valence-corrected chi connectivity index (χ3v) is 7.95. The first-order chi connectivity index (χ1) is 21.0. The fourth-order valence-corrected chi connectivity index (χ4v) is 5.29. The van der Waals surface area contributed by atoms with E-state index in [2.05, 4.69) is 118 Å². The highest BCUT2D eigenvalue weighted by molar-refractivity contribution is 5.81. The van der Waals surface area contributed by atoms with Crippen molar-refractivity contribution in [1.82, 2.24) is 19.9 Å². The minimum absolute atomic E-state index is 0.00142. The van der Waals surface area contributed by atoms with Crippen molar-refractivity contribution in [2.75, 3.05) is 0 Å². The van der Waals surface area contributed by atoms with E-state index in [1.54, 1.807) is 6.33 Å². The summed E-state index contributed by atoms with van der Waals surface area (Å²) in [6, 6.07) is 36.3. The Kier molecular flexibility index (Phi) is 7.69. The predicted octanol–water partition coefficient (Wildman–Crippen LogP) is 10.2. The molecule has 44 heavy (non-hydrogen) atoms. The summed E-state index contributed by atoms with van der Waals surface area (Å²) in [7, 11) is 0. The first-order valence-corrected chi connectivity index (χ1v) is 15.1. The van der Waals surface area contributed by atoms with Crippen molar-refractivity contribution in [3.05, 3.63) is 133 Å². The number of hydrogen-bond donors (Lipinski definition) is 0. The Balaban J connectivity index is 1.61. The van der Waals surface area contributed by atoms with Crippen molar-refractivity contribution in [2.45, 2.75) is 52.4 Å². The molecule has 0 spiro atoms. The van der Waals surface area contributed by atoms with Gasteiger partial charge in [0.2, 0.25) is 0 Å². The Morgan fingerprint density at radius 3 is 1.32 bits per heavy atom. The van der Waals surface area contributed by atoms with Gasteiger partial charge in [-0.1, -0.05) is 120 Å². The monoisotopic (exact) mass is 574 g/mol. The molecule has 0 radical (unpaired) electrons. The van der Waals surface area contributed by atoms with Crippen LogP contribution in [0.3, 0.4) is 0 Å². The van der Waals surface area contributed by atoms with Gasteiger partial charge in [-0.3, -0.25) is 0 Å². The molecule has 0 N–H and O–H groups in total. The van der Waals surface area contributed by atoms with Gasteiger partial charge in [0, 0.05) is 34.6 Å². The maximum absolute atomic E-state index is 5.14.